The Labute approximate surface area is 182 Å². The van der Waals surface area contributed by atoms with Crippen molar-refractivity contribution in [1.29, 1.82) is 0 Å². The predicted octanol–water partition coefficient (Wildman–Crippen LogP) is 4.02. The average Bonchev–Trinajstić information content (AvgIpc) is 2.96. The summed E-state index contributed by atoms with van der Waals surface area (Å²) in [5.41, 5.74) is 3.05. The van der Waals surface area contributed by atoms with Gasteiger partial charge in [-0.15, -0.1) is 0 Å². The fraction of sp³-hybridized carbons (Fsp3) is 0.304. The van der Waals surface area contributed by atoms with Crippen LogP contribution in [0.4, 0.5) is 11.4 Å². The average molecular weight is 428 g/mol. The van der Waals surface area contributed by atoms with E-state index in [9.17, 15) is 9.59 Å². The van der Waals surface area contributed by atoms with Crippen LogP contribution in [0.5, 0.6) is 0 Å². The Hall–Kier alpha value is -2.83. The summed E-state index contributed by atoms with van der Waals surface area (Å²) >= 11 is 6.00. The first kappa shape index (κ1) is 21.9. The zero-order valence-corrected chi connectivity index (χ0v) is 18.2. The van der Waals surface area contributed by atoms with Gasteiger partial charge in [-0.05, 0) is 55.3 Å². The SMILES string of the molecule is CCOCCCN1C(=O)C(Nc2ccc(N(C)C)cc2)=C(c2ccc(Cl)cc2)C1=O. The van der Waals surface area contributed by atoms with Gasteiger partial charge in [-0.25, -0.2) is 0 Å². The van der Waals surface area contributed by atoms with E-state index in [0.717, 1.165) is 11.4 Å². The molecule has 1 heterocycles. The van der Waals surface area contributed by atoms with Gasteiger partial charge in [0.1, 0.15) is 5.70 Å². The lowest BCUT2D eigenvalue weighted by Crippen LogP contribution is -2.34. The molecule has 0 aliphatic carbocycles. The fourth-order valence-electron chi connectivity index (χ4n) is 3.24. The van der Waals surface area contributed by atoms with Gasteiger partial charge < -0.3 is 15.0 Å². The minimum atomic E-state index is -0.335. The molecule has 0 spiro atoms. The summed E-state index contributed by atoms with van der Waals surface area (Å²) in [6.07, 6.45) is 0.587. The zero-order chi connectivity index (χ0) is 21.7. The Morgan fingerprint density at radius 1 is 1.00 bits per heavy atom. The Bertz CT molecular complexity index is 937. The van der Waals surface area contributed by atoms with Crippen LogP contribution in [-0.2, 0) is 14.3 Å². The van der Waals surface area contributed by atoms with Crippen LogP contribution in [0.15, 0.2) is 54.2 Å². The number of hydrogen-bond donors (Lipinski definition) is 1. The Morgan fingerprint density at radius 3 is 2.27 bits per heavy atom. The number of ether oxygens (including phenoxy) is 1. The number of benzene rings is 2. The lowest BCUT2D eigenvalue weighted by molar-refractivity contribution is -0.137. The molecule has 2 aromatic carbocycles. The first-order valence-corrected chi connectivity index (χ1v) is 10.3. The van der Waals surface area contributed by atoms with Gasteiger partial charge in [0, 0.05) is 50.3 Å². The van der Waals surface area contributed by atoms with E-state index in [0.29, 0.717) is 42.3 Å². The van der Waals surface area contributed by atoms with Gasteiger partial charge in [0.05, 0.1) is 5.57 Å². The van der Waals surface area contributed by atoms with Gasteiger partial charge in [-0.2, -0.15) is 0 Å². The number of anilines is 2. The van der Waals surface area contributed by atoms with E-state index < -0.39 is 0 Å². The summed E-state index contributed by atoms with van der Waals surface area (Å²) in [5.74, 6) is -0.649. The quantitative estimate of drug-likeness (QED) is 0.483. The van der Waals surface area contributed by atoms with Crippen molar-refractivity contribution in [3.05, 3.63) is 64.8 Å². The standard InChI is InChI=1S/C23H26ClN3O3/c1-4-30-15-5-14-27-22(28)20(16-6-8-17(24)9-7-16)21(23(27)29)25-18-10-12-19(13-11-18)26(2)3/h6-13,25H,4-5,14-15H2,1-3H3. The molecule has 0 saturated carbocycles. The Kier molecular flexibility index (Phi) is 7.13. The number of carbonyl (C=O) groups excluding carboxylic acids is 2. The van der Waals surface area contributed by atoms with Gasteiger partial charge in [0.15, 0.2) is 0 Å². The van der Waals surface area contributed by atoms with E-state index in [-0.39, 0.29) is 17.5 Å². The number of hydrogen-bond acceptors (Lipinski definition) is 5. The van der Waals surface area contributed by atoms with Crippen LogP contribution in [0.1, 0.15) is 18.9 Å². The van der Waals surface area contributed by atoms with Crippen LogP contribution in [0.3, 0.4) is 0 Å². The molecule has 0 fully saturated rings. The summed E-state index contributed by atoms with van der Waals surface area (Å²) in [7, 11) is 3.92. The largest absolute Gasteiger partial charge is 0.382 e. The number of amides is 2. The number of nitrogens with one attached hydrogen (secondary N) is 1. The smallest absolute Gasteiger partial charge is 0.278 e. The van der Waals surface area contributed by atoms with E-state index in [4.69, 9.17) is 16.3 Å². The van der Waals surface area contributed by atoms with Gasteiger partial charge in [-0.1, -0.05) is 23.7 Å². The molecular weight excluding hydrogens is 402 g/mol. The second-order valence-corrected chi connectivity index (χ2v) is 7.57. The molecule has 30 heavy (non-hydrogen) atoms. The van der Waals surface area contributed by atoms with Crippen LogP contribution >= 0.6 is 11.6 Å². The van der Waals surface area contributed by atoms with E-state index in [2.05, 4.69) is 5.32 Å². The van der Waals surface area contributed by atoms with Crippen LogP contribution in [-0.4, -0.2) is 50.6 Å². The second kappa shape index (κ2) is 9.78. The van der Waals surface area contributed by atoms with Crippen LogP contribution < -0.4 is 10.2 Å². The molecular formula is C23H26ClN3O3. The van der Waals surface area contributed by atoms with E-state index in [1.54, 1.807) is 24.3 Å². The normalized spacial score (nSPS) is 13.9. The van der Waals surface area contributed by atoms with E-state index >= 15 is 0 Å². The van der Waals surface area contributed by atoms with E-state index in [1.165, 1.54) is 4.90 Å². The number of nitrogens with zero attached hydrogens (tertiary/aromatic N) is 2. The number of imide groups is 1. The van der Waals surface area contributed by atoms with Crippen LogP contribution in [0, 0.1) is 0 Å². The number of rotatable bonds is 9. The molecule has 0 radical (unpaired) electrons. The first-order valence-electron chi connectivity index (χ1n) is 9.91. The van der Waals surface area contributed by atoms with Crippen molar-refractivity contribution in [3.8, 4) is 0 Å². The van der Waals surface area contributed by atoms with Crippen molar-refractivity contribution in [2.75, 3.05) is 44.1 Å². The van der Waals surface area contributed by atoms with Gasteiger partial charge >= 0.3 is 0 Å². The van der Waals surface area contributed by atoms with Crippen molar-refractivity contribution in [2.24, 2.45) is 0 Å². The highest BCUT2D eigenvalue weighted by Crippen LogP contribution is 2.31. The molecule has 0 unspecified atom stereocenters. The number of halogens is 1. The van der Waals surface area contributed by atoms with Crippen molar-refractivity contribution in [1.82, 2.24) is 4.90 Å². The first-order chi connectivity index (χ1) is 14.4. The Balaban J connectivity index is 1.91. The Morgan fingerprint density at radius 2 is 1.67 bits per heavy atom. The van der Waals surface area contributed by atoms with Gasteiger partial charge in [0.2, 0.25) is 0 Å². The molecule has 1 aliphatic rings. The maximum absolute atomic E-state index is 13.1. The van der Waals surface area contributed by atoms with Crippen LogP contribution in [0.2, 0.25) is 5.02 Å². The molecule has 0 saturated heterocycles. The molecule has 1 aliphatic heterocycles. The molecule has 158 valence electrons. The number of carbonyl (C=O) groups is 2. The molecule has 2 amide bonds. The third-order valence-electron chi connectivity index (χ3n) is 4.83. The third-order valence-corrected chi connectivity index (χ3v) is 5.08. The molecule has 0 aromatic heterocycles. The maximum Gasteiger partial charge on any atom is 0.278 e. The minimum Gasteiger partial charge on any atom is -0.382 e. The maximum atomic E-state index is 13.1. The van der Waals surface area contributed by atoms with E-state index in [1.807, 2.05) is 50.2 Å². The van der Waals surface area contributed by atoms with Crippen molar-refractivity contribution < 1.29 is 14.3 Å². The lowest BCUT2D eigenvalue weighted by Gasteiger charge is -2.16. The van der Waals surface area contributed by atoms with Crippen LogP contribution in [0.25, 0.3) is 5.57 Å². The topological polar surface area (TPSA) is 61.9 Å². The summed E-state index contributed by atoms with van der Waals surface area (Å²) < 4.78 is 5.34. The van der Waals surface area contributed by atoms with Gasteiger partial charge in [-0.3, -0.25) is 14.5 Å². The predicted molar refractivity (Wildman–Crippen MR) is 121 cm³/mol. The zero-order valence-electron chi connectivity index (χ0n) is 17.4. The van der Waals surface area contributed by atoms with Crippen molar-refractivity contribution in [3.63, 3.8) is 0 Å². The molecule has 6 nitrogen and oxygen atoms in total. The summed E-state index contributed by atoms with van der Waals surface area (Å²) in [6, 6.07) is 14.6. The van der Waals surface area contributed by atoms with Crippen molar-refractivity contribution >= 4 is 40.4 Å². The molecule has 1 N–H and O–H groups in total. The highest BCUT2D eigenvalue weighted by molar-refractivity contribution is 6.36. The van der Waals surface area contributed by atoms with Gasteiger partial charge in [0.25, 0.3) is 11.8 Å². The molecule has 2 aromatic rings. The summed E-state index contributed by atoms with van der Waals surface area (Å²) in [5, 5.41) is 3.73. The summed E-state index contributed by atoms with van der Waals surface area (Å²) in [4.78, 5) is 29.5. The third kappa shape index (κ3) is 4.83. The highest BCUT2D eigenvalue weighted by Gasteiger charge is 2.38. The monoisotopic (exact) mass is 427 g/mol. The second-order valence-electron chi connectivity index (χ2n) is 7.14. The highest BCUT2D eigenvalue weighted by atomic mass is 35.5. The lowest BCUT2D eigenvalue weighted by atomic mass is 10.0. The molecule has 0 bridgehead atoms. The molecule has 0 atom stereocenters. The molecule has 7 heteroatoms. The fourth-order valence-corrected chi connectivity index (χ4v) is 3.36. The van der Waals surface area contributed by atoms with Crippen molar-refractivity contribution in [2.45, 2.75) is 13.3 Å². The minimum absolute atomic E-state index is 0.274. The summed E-state index contributed by atoms with van der Waals surface area (Å²) in [6.45, 7) is 3.32. The molecule has 3 rings (SSSR count).